The van der Waals surface area contributed by atoms with Crippen LogP contribution in [0.25, 0.3) is 0 Å². The summed E-state index contributed by atoms with van der Waals surface area (Å²) in [5.74, 6) is -0.680. The number of carboxylic acids is 1. The van der Waals surface area contributed by atoms with Crippen molar-refractivity contribution in [3.05, 3.63) is 24.5 Å². The molecular formula is C12H17NO2. The molecule has 0 saturated heterocycles. The number of rotatable bonds is 2. The van der Waals surface area contributed by atoms with Gasteiger partial charge in [-0.05, 0) is 25.0 Å². The summed E-state index contributed by atoms with van der Waals surface area (Å²) in [7, 11) is 0. The first-order valence-corrected chi connectivity index (χ1v) is 5.62. The van der Waals surface area contributed by atoms with Crippen LogP contribution < -0.4 is 0 Å². The second-order valence-corrected chi connectivity index (χ2v) is 4.34. The van der Waals surface area contributed by atoms with Gasteiger partial charge >= 0.3 is 5.97 Å². The van der Waals surface area contributed by atoms with Crippen LogP contribution in [0.15, 0.2) is 24.5 Å². The second-order valence-electron chi connectivity index (χ2n) is 4.34. The van der Waals surface area contributed by atoms with Gasteiger partial charge < -0.3 is 9.67 Å². The fourth-order valence-corrected chi connectivity index (χ4v) is 2.52. The van der Waals surface area contributed by atoms with Gasteiger partial charge in [-0.25, -0.2) is 4.79 Å². The highest BCUT2D eigenvalue weighted by Gasteiger charge is 2.39. The largest absolute Gasteiger partial charge is 0.479 e. The average molecular weight is 207 g/mol. The lowest BCUT2D eigenvalue weighted by atomic mass is 9.90. The van der Waals surface area contributed by atoms with E-state index in [1.54, 1.807) is 0 Å². The Labute approximate surface area is 89.7 Å². The van der Waals surface area contributed by atoms with E-state index >= 15 is 0 Å². The molecule has 82 valence electrons. The molecule has 1 heterocycles. The molecule has 3 nitrogen and oxygen atoms in total. The number of aliphatic carboxylic acids is 1. The van der Waals surface area contributed by atoms with E-state index in [0.29, 0.717) is 0 Å². The minimum absolute atomic E-state index is 0.680. The number of hydrogen-bond acceptors (Lipinski definition) is 1. The van der Waals surface area contributed by atoms with E-state index in [4.69, 9.17) is 0 Å². The van der Waals surface area contributed by atoms with Crippen molar-refractivity contribution in [1.82, 2.24) is 4.57 Å². The maximum Gasteiger partial charge on any atom is 0.329 e. The van der Waals surface area contributed by atoms with E-state index in [2.05, 4.69) is 0 Å². The molecule has 0 amide bonds. The van der Waals surface area contributed by atoms with E-state index in [1.807, 2.05) is 29.1 Å². The summed E-state index contributed by atoms with van der Waals surface area (Å²) in [5, 5.41) is 9.46. The SMILES string of the molecule is O=C(O)C1(n2cccc2)CCCCCC1. The Morgan fingerprint density at radius 1 is 1.07 bits per heavy atom. The van der Waals surface area contributed by atoms with Crippen LogP contribution in [0.2, 0.25) is 0 Å². The molecule has 1 fully saturated rings. The third-order valence-electron chi connectivity index (χ3n) is 3.43. The van der Waals surface area contributed by atoms with E-state index in [9.17, 15) is 9.90 Å². The zero-order valence-electron chi connectivity index (χ0n) is 8.85. The number of hydrogen-bond donors (Lipinski definition) is 1. The molecule has 15 heavy (non-hydrogen) atoms. The standard InChI is InChI=1S/C12H17NO2/c14-11(15)12(13-9-5-6-10-13)7-3-1-2-4-8-12/h5-6,9-10H,1-4,7-8H2,(H,14,15). The number of carbonyl (C=O) groups is 1. The number of aromatic nitrogens is 1. The predicted octanol–water partition coefficient (Wildman–Crippen LogP) is 2.62. The van der Waals surface area contributed by atoms with Crippen LogP contribution in [0, 0.1) is 0 Å². The minimum Gasteiger partial charge on any atom is -0.479 e. The Morgan fingerprint density at radius 2 is 1.60 bits per heavy atom. The summed E-state index contributed by atoms with van der Waals surface area (Å²) in [5.41, 5.74) is -0.681. The molecule has 0 unspecified atom stereocenters. The third-order valence-corrected chi connectivity index (χ3v) is 3.43. The van der Waals surface area contributed by atoms with Gasteiger partial charge in [0.1, 0.15) is 5.54 Å². The summed E-state index contributed by atoms with van der Waals surface area (Å²) in [6.07, 6.45) is 9.63. The van der Waals surface area contributed by atoms with Crippen molar-refractivity contribution in [2.75, 3.05) is 0 Å². The molecule has 1 aliphatic carbocycles. The molecular weight excluding hydrogens is 190 g/mol. The predicted molar refractivity (Wildman–Crippen MR) is 57.7 cm³/mol. The minimum atomic E-state index is -0.681. The van der Waals surface area contributed by atoms with Crippen molar-refractivity contribution >= 4 is 5.97 Å². The third kappa shape index (κ3) is 1.78. The molecule has 3 heteroatoms. The fourth-order valence-electron chi connectivity index (χ4n) is 2.52. The molecule has 0 aromatic carbocycles. The van der Waals surface area contributed by atoms with Crippen LogP contribution >= 0.6 is 0 Å². The first-order valence-electron chi connectivity index (χ1n) is 5.62. The van der Waals surface area contributed by atoms with Crippen molar-refractivity contribution in [1.29, 1.82) is 0 Å². The number of nitrogens with zero attached hydrogens (tertiary/aromatic N) is 1. The molecule has 0 spiro atoms. The molecule has 0 bridgehead atoms. The molecule has 0 aliphatic heterocycles. The maximum atomic E-state index is 11.5. The van der Waals surface area contributed by atoms with Crippen molar-refractivity contribution in [2.24, 2.45) is 0 Å². The van der Waals surface area contributed by atoms with Crippen LogP contribution in [0.1, 0.15) is 38.5 Å². The second kappa shape index (κ2) is 4.09. The lowest BCUT2D eigenvalue weighted by molar-refractivity contribution is -0.148. The molecule has 0 atom stereocenters. The van der Waals surface area contributed by atoms with Crippen LogP contribution in [0.3, 0.4) is 0 Å². The van der Waals surface area contributed by atoms with Gasteiger partial charge in [0.2, 0.25) is 0 Å². The van der Waals surface area contributed by atoms with Crippen LogP contribution in [0.4, 0.5) is 0 Å². The molecule has 1 aliphatic rings. The summed E-state index contributed by atoms with van der Waals surface area (Å²) < 4.78 is 1.88. The van der Waals surface area contributed by atoms with Gasteiger partial charge in [-0.2, -0.15) is 0 Å². The van der Waals surface area contributed by atoms with Gasteiger partial charge in [0.15, 0.2) is 0 Å². The van der Waals surface area contributed by atoms with Gasteiger partial charge in [-0.3, -0.25) is 0 Å². The van der Waals surface area contributed by atoms with Crippen LogP contribution in [0.5, 0.6) is 0 Å². The Bertz CT molecular complexity index is 321. The monoisotopic (exact) mass is 207 g/mol. The van der Waals surface area contributed by atoms with E-state index in [0.717, 1.165) is 38.5 Å². The highest BCUT2D eigenvalue weighted by Crippen LogP contribution is 2.34. The quantitative estimate of drug-likeness (QED) is 0.757. The van der Waals surface area contributed by atoms with Gasteiger partial charge in [-0.1, -0.05) is 25.7 Å². The first-order chi connectivity index (χ1) is 7.26. The van der Waals surface area contributed by atoms with Gasteiger partial charge in [0.05, 0.1) is 0 Å². The van der Waals surface area contributed by atoms with Crippen molar-refractivity contribution in [2.45, 2.75) is 44.1 Å². The maximum absolute atomic E-state index is 11.5. The molecule has 2 rings (SSSR count). The van der Waals surface area contributed by atoms with E-state index < -0.39 is 11.5 Å². The lowest BCUT2D eigenvalue weighted by Crippen LogP contribution is -2.40. The summed E-state index contributed by atoms with van der Waals surface area (Å²) in [6.45, 7) is 0. The zero-order valence-corrected chi connectivity index (χ0v) is 8.85. The highest BCUT2D eigenvalue weighted by molar-refractivity contribution is 5.76. The smallest absolute Gasteiger partial charge is 0.329 e. The zero-order chi connectivity index (χ0) is 10.7. The molecule has 1 aromatic rings. The normalized spacial score (nSPS) is 20.8. The Balaban J connectivity index is 2.34. The van der Waals surface area contributed by atoms with Gasteiger partial charge in [0, 0.05) is 12.4 Å². The van der Waals surface area contributed by atoms with Gasteiger partial charge in [-0.15, -0.1) is 0 Å². The lowest BCUT2D eigenvalue weighted by Gasteiger charge is -2.30. The Hall–Kier alpha value is -1.25. The topological polar surface area (TPSA) is 42.2 Å². The van der Waals surface area contributed by atoms with Crippen molar-refractivity contribution in [3.63, 3.8) is 0 Å². The van der Waals surface area contributed by atoms with E-state index in [-0.39, 0.29) is 0 Å². The van der Waals surface area contributed by atoms with E-state index in [1.165, 1.54) is 0 Å². The van der Waals surface area contributed by atoms with Crippen molar-refractivity contribution < 1.29 is 9.90 Å². The summed E-state index contributed by atoms with van der Waals surface area (Å²) in [6, 6.07) is 3.80. The van der Waals surface area contributed by atoms with Crippen LogP contribution in [-0.4, -0.2) is 15.6 Å². The molecule has 1 saturated carbocycles. The fraction of sp³-hybridized carbons (Fsp3) is 0.583. The summed E-state index contributed by atoms with van der Waals surface area (Å²) in [4.78, 5) is 11.5. The van der Waals surface area contributed by atoms with Crippen molar-refractivity contribution in [3.8, 4) is 0 Å². The molecule has 1 N–H and O–H groups in total. The molecule has 0 radical (unpaired) electrons. The molecule has 1 aromatic heterocycles. The van der Waals surface area contributed by atoms with Gasteiger partial charge in [0.25, 0.3) is 0 Å². The highest BCUT2D eigenvalue weighted by atomic mass is 16.4. The summed E-state index contributed by atoms with van der Waals surface area (Å²) >= 11 is 0. The number of carboxylic acid groups (broad SMARTS) is 1. The first kappa shape index (κ1) is 10.3. The Kier molecular flexibility index (Phi) is 2.80. The van der Waals surface area contributed by atoms with Crippen LogP contribution in [-0.2, 0) is 10.3 Å². The Morgan fingerprint density at radius 3 is 2.07 bits per heavy atom. The average Bonchev–Trinajstić information content (AvgIpc) is 2.63.